The Kier molecular flexibility index (Phi) is 8.71. The van der Waals surface area contributed by atoms with Gasteiger partial charge in [0.05, 0.1) is 0 Å². The summed E-state index contributed by atoms with van der Waals surface area (Å²) in [6.07, 6.45) is 3.40. The zero-order valence-electron chi connectivity index (χ0n) is 7.76. The average molecular weight is 191 g/mol. The zero-order valence-corrected chi connectivity index (χ0v) is 8.58. The summed E-state index contributed by atoms with van der Waals surface area (Å²) < 4.78 is 4.83. The molecule has 0 fully saturated rings. The molecule has 0 saturated carbocycles. The fourth-order valence-electron chi connectivity index (χ4n) is 0.758. The Balaban J connectivity index is 3.10. The molecular formula is C8H17NO2S. The molecule has 0 aromatic carbocycles. The van der Waals surface area contributed by atoms with Crippen LogP contribution in [-0.2, 0) is 9.53 Å². The maximum atomic E-state index is 11.0. The van der Waals surface area contributed by atoms with Gasteiger partial charge in [0, 0.05) is 32.4 Å². The molecule has 0 aliphatic heterocycles. The predicted octanol–water partition coefficient (Wildman–Crippen LogP) is 0.892. The molecule has 0 unspecified atom stereocenters. The summed E-state index contributed by atoms with van der Waals surface area (Å²) >= 11 is 1.73. The largest absolute Gasteiger partial charge is 0.385 e. The van der Waals surface area contributed by atoms with Crippen LogP contribution in [0.25, 0.3) is 0 Å². The van der Waals surface area contributed by atoms with Gasteiger partial charge in [-0.2, -0.15) is 11.8 Å². The Hall–Kier alpha value is -0.220. The lowest BCUT2D eigenvalue weighted by molar-refractivity contribution is -0.121. The molecule has 3 nitrogen and oxygen atoms in total. The Morgan fingerprint density at radius 1 is 1.58 bits per heavy atom. The molecule has 0 aromatic heterocycles. The first-order valence-corrected chi connectivity index (χ1v) is 5.45. The third kappa shape index (κ3) is 7.88. The van der Waals surface area contributed by atoms with E-state index in [-0.39, 0.29) is 5.91 Å². The highest BCUT2D eigenvalue weighted by atomic mass is 32.2. The summed E-state index contributed by atoms with van der Waals surface area (Å²) in [4.78, 5) is 11.0. The van der Waals surface area contributed by atoms with Crippen molar-refractivity contribution in [2.75, 3.05) is 32.3 Å². The smallest absolute Gasteiger partial charge is 0.220 e. The van der Waals surface area contributed by atoms with E-state index in [2.05, 4.69) is 5.32 Å². The van der Waals surface area contributed by atoms with E-state index < -0.39 is 0 Å². The van der Waals surface area contributed by atoms with Crippen LogP contribution < -0.4 is 5.32 Å². The Morgan fingerprint density at radius 2 is 2.33 bits per heavy atom. The third-order valence-electron chi connectivity index (χ3n) is 1.38. The molecule has 1 N–H and O–H groups in total. The molecule has 0 heterocycles. The van der Waals surface area contributed by atoms with Gasteiger partial charge < -0.3 is 10.1 Å². The van der Waals surface area contributed by atoms with Crippen molar-refractivity contribution in [2.45, 2.75) is 12.8 Å². The maximum absolute atomic E-state index is 11.0. The van der Waals surface area contributed by atoms with E-state index in [4.69, 9.17) is 4.74 Å². The standard InChI is InChI=1S/C8H17NO2S/c1-11-6-3-4-8(10)9-5-7-12-2/h3-7H2,1-2H3,(H,9,10). The number of methoxy groups -OCH3 is 1. The number of hydrogen-bond donors (Lipinski definition) is 1. The number of ether oxygens (including phenoxy) is 1. The van der Waals surface area contributed by atoms with Gasteiger partial charge in [-0.05, 0) is 12.7 Å². The van der Waals surface area contributed by atoms with Crippen LogP contribution in [0.3, 0.4) is 0 Å². The maximum Gasteiger partial charge on any atom is 0.220 e. The van der Waals surface area contributed by atoms with Gasteiger partial charge in [0.2, 0.25) is 5.91 Å². The lowest BCUT2D eigenvalue weighted by Crippen LogP contribution is -2.25. The van der Waals surface area contributed by atoms with E-state index in [1.54, 1.807) is 18.9 Å². The number of amides is 1. The van der Waals surface area contributed by atoms with Crippen molar-refractivity contribution in [3.63, 3.8) is 0 Å². The van der Waals surface area contributed by atoms with Crippen molar-refractivity contribution in [3.8, 4) is 0 Å². The molecule has 1 amide bonds. The van der Waals surface area contributed by atoms with Crippen molar-refractivity contribution in [1.82, 2.24) is 5.32 Å². The molecule has 0 aliphatic carbocycles. The predicted molar refractivity (Wildman–Crippen MR) is 52.5 cm³/mol. The molecule has 0 atom stereocenters. The first-order valence-electron chi connectivity index (χ1n) is 4.06. The normalized spacial score (nSPS) is 9.83. The van der Waals surface area contributed by atoms with E-state index in [0.717, 1.165) is 18.7 Å². The molecule has 0 aromatic rings. The van der Waals surface area contributed by atoms with E-state index in [0.29, 0.717) is 13.0 Å². The lowest BCUT2D eigenvalue weighted by Gasteiger charge is -2.02. The molecule has 72 valence electrons. The van der Waals surface area contributed by atoms with Gasteiger partial charge in [-0.3, -0.25) is 4.79 Å². The van der Waals surface area contributed by atoms with E-state index >= 15 is 0 Å². The van der Waals surface area contributed by atoms with Crippen LogP contribution in [0.2, 0.25) is 0 Å². The van der Waals surface area contributed by atoms with Gasteiger partial charge in [-0.15, -0.1) is 0 Å². The molecule has 0 rings (SSSR count). The molecule has 0 aliphatic rings. The average Bonchev–Trinajstić information content (AvgIpc) is 2.06. The van der Waals surface area contributed by atoms with Crippen LogP contribution in [0.15, 0.2) is 0 Å². The van der Waals surface area contributed by atoms with Crippen molar-refractivity contribution >= 4 is 17.7 Å². The Bertz CT molecular complexity index is 108. The monoisotopic (exact) mass is 191 g/mol. The van der Waals surface area contributed by atoms with Crippen LogP contribution in [-0.4, -0.2) is 38.2 Å². The fraction of sp³-hybridized carbons (Fsp3) is 0.875. The van der Waals surface area contributed by atoms with Gasteiger partial charge in [0.1, 0.15) is 0 Å². The summed E-state index contributed by atoms with van der Waals surface area (Å²) in [5.74, 6) is 1.11. The van der Waals surface area contributed by atoms with Crippen molar-refractivity contribution < 1.29 is 9.53 Å². The molecule has 4 heteroatoms. The van der Waals surface area contributed by atoms with Crippen LogP contribution in [0.1, 0.15) is 12.8 Å². The molecule has 0 spiro atoms. The van der Waals surface area contributed by atoms with Crippen molar-refractivity contribution in [3.05, 3.63) is 0 Å². The number of rotatable bonds is 7. The van der Waals surface area contributed by atoms with Crippen LogP contribution in [0.5, 0.6) is 0 Å². The Labute approximate surface area is 78.2 Å². The summed E-state index contributed by atoms with van der Waals surface area (Å²) in [6.45, 7) is 1.43. The molecule has 0 saturated heterocycles. The zero-order chi connectivity index (χ0) is 9.23. The van der Waals surface area contributed by atoms with E-state index in [1.165, 1.54) is 0 Å². The van der Waals surface area contributed by atoms with Gasteiger partial charge >= 0.3 is 0 Å². The number of nitrogens with one attached hydrogen (secondary N) is 1. The highest BCUT2D eigenvalue weighted by molar-refractivity contribution is 7.98. The second-order valence-electron chi connectivity index (χ2n) is 2.44. The van der Waals surface area contributed by atoms with Gasteiger partial charge in [0.25, 0.3) is 0 Å². The first-order chi connectivity index (χ1) is 5.81. The SMILES string of the molecule is COCCCC(=O)NCCSC. The highest BCUT2D eigenvalue weighted by Crippen LogP contribution is 1.91. The summed E-state index contributed by atoms with van der Waals surface area (Å²) in [5.41, 5.74) is 0. The third-order valence-corrected chi connectivity index (χ3v) is 1.99. The molecule has 12 heavy (non-hydrogen) atoms. The molecular weight excluding hydrogens is 174 g/mol. The van der Waals surface area contributed by atoms with Gasteiger partial charge in [-0.25, -0.2) is 0 Å². The van der Waals surface area contributed by atoms with Gasteiger partial charge in [0.15, 0.2) is 0 Å². The lowest BCUT2D eigenvalue weighted by atomic mass is 10.3. The minimum Gasteiger partial charge on any atom is -0.385 e. The van der Waals surface area contributed by atoms with Crippen LogP contribution in [0.4, 0.5) is 0 Å². The van der Waals surface area contributed by atoms with Gasteiger partial charge in [-0.1, -0.05) is 0 Å². The van der Waals surface area contributed by atoms with Crippen LogP contribution >= 0.6 is 11.8 Å². The number of carbonyl (C=O) groups excluding carboxylic acids is 1. The highest BCUT2D eigenvalue weighted by Gasteiger charge is 1.98. The second kappa shape index (κ2) is 8.87. The second-order valence-corrected chi connectivity index (χ2v) is 3.42. The van der Waals surface area contributed by atoms with E-state index in [1.807, 2.05) is 6.26 Å². The van der Waals surface area contributed by atoms with E-state index in [9.17, 15) is 4.79 Å². The van der Waals surface area contributed by atoms with Crippen molar-refractivity contribution in [2.24, 2.45) is 0 Å². The number of carbonyl (C=O) groups is 1. The number of thioether (sulfide) groups is 1. The Morgan fingerprint density at radius 3 is 2.92 bits per heavy atom. The van der Waals surface area contributed by atoms with Crippen LogP contribution in [0, 0.1) is 0 Å². The summed E-state index contributed by atoms with van der Waals surface area (Å²) in [7, 11) is 1.64. The first kappa shape index (κ1) is 11.8. The molecule has 0 radical (unpaired) electrons. The molecule has 0 bridgehead atoms. The summed E-state index contributed by atoms with van der Waals surface area (Å²) in [6, 6.07) is 0. The fourth-order valence-corrected chi connectivity index (χ4v) is 1.06. The number of hydrogen-bond acceptors (Lipinski definition) is 3. The minimum absolute atomic E-state index is 0.126. The topological polar surface area (TPSA) is 38.3 Å². The summed E-state index contributed by atoms with van der Waals surface area (Å²) in [5, 5.41) is 2.83. The quantitative estimate of drug-likeness (QED) is 0.607. The van der Waals surface area contributed by atoms with Crippen molar-refractivity contribution in [1.29, 1.82) is 0 Å². The minimum atomic E-state index is 0.126.